The lowest BCUT2D eigenvalue weighted by atomic mass is 10.3. The molecule has 0 aliphatic carbocycles. The predicted molar refractivity (Wildman–Crippen MR) is 58.2 cm³/mol. The van der Waals surface area contributed by atoms with Gasteiger partial charge in [0, 0.05) is 26.7 Å². The largest absolute Gasteiger partial charge is 0.353 e. The maximum atomic E-state index is 10.8. The van der Waals surface area contributed by atoms with Gasteiger partial charge in [-0.2, -0.15) is 0 Å². The molecule has 0 amide bonds. The Labute approximate surface area is 92.0 Å². The molecule has 0 saturated carbocycles. The van der Waals surface area contributed by atoms with E-state index in [2.05, 4.69) is 4.52 Å². The van der Waals surface area contributed by atoms with Crippen molar-refractivity contribution in [2.24, 2.45) is 0 Å². The van der Waals surface area contributed by atoms with Gasteiger partial charge in [0.15, 0.2) is 6.29 Å². The van der Waals surface area contributed by atoms with E-state index in [0.29, 0.717) is 19.8 Å². The Bertz CT molecular complexity index is 159. The summed E-state index contributed by atoms with van der Waals surface area (Å²) in [4.78, 5) is 0. The zero-order chi connectivity index (χ0) is 11.5. The summed E-state index contributed by atoms with van der Waals surface area (Å²) in [6, 6.07) is 0. The van der Waals surface area contributed by atoms with E-state index in [4.69, 9.17) is 14.0 Å². The Kier molecular flexibility index (Phi) is 10.6. The van der Waals surface area contributed by atoms with Crippen LogP contribution in [0.3, 0.4) is 0 Å². The van der Waals surface area contributed by atoms with Gasteiger partial charge in [0.2, 0.25) is 0 Å². The lowest BCUT2D eigenvalue weighted by Gasteiger charge is -2.16. The van der Waals surface area contributed by atoms with Crippen LogP contribution in [0.5, 0.6) is 0 Å². The van der Waals surface area contributed by atoms with Crippen LogP contribution in [0.25, 0.3) is 0 Å². The molecule has 15 heavy (non-hydrogen) atoms. The molecule has 0 aliphatic heterocycles. The number of hydrogen-bond acceptors (Lipinski definition) is 5. The zero-order valence-electron chi connectivity index (χ0n) is 9.65. The molecule has 0 N–H and O–H groups in total. The minimum atomic E-state index is -2.28. The average Bonchev–Trinajstić information content (AvgIpc) is 2.24. The molecule has 0 radical (unpaired) electrons. The summed E-state index contributed by atoms with van der Waals surface area (Å²) in [6.07, 6.45) is 1.29. The second-order valence-electron chi connectivity index (χ2n) is 2.79. The smallest absolute Gasteiger partial charge is 0.318 e. The number of rotatable bonds is 10. The third kappa shape index (κ3) is 9.03. The van der Waals surface area contributed by atoms with Crippen molar-refractivity contribution in [2.45, 2.75) is 33.0 Å². The van der Waals surface area contributed by atoms with E-state index in [1.165, 1.54) is 7.11 Å². The lowest BCUT2D eigenvalue weighted by Crippen LogP contribution is -2.17. The first-order chi connectivity index (χ1) is 7.24. The van der Waals surface area contributed by atoms with E-state index >= 15 is 0 Å². The van der Waals surface area contributed by atoms with Crippen molar-refractivity contribution in [3.63, 3.8) is 0 Å². The number of hydrogen-bond donors (Lipinski definition) is 0. The van der Waals surface area contributed by atoms with Crippen LogP contribution in [-0.4, -0.2) is 33.2 Å². The summed E-state index contributed by atoms with van der Waals surface area (Å²) in [5, 5.41) is 0. The second-order valence-corrected chi connectivity index (χ2v) is 3.98. The minimum absolute atomic E-state index is 0.187. The highest BCUT2D eigenvalue weighted by Crippen LogP contribution is 2.22. The highest BCUT2D eigenvalue weighted by atomic mass is 31.1. The molecule has 0 heterocycles. The second kappa shape index (κ2) is 10.6. The van der Waals surface area contributed by atoms with Gasteiger partial charge in [-0.25, -0.2) is 0 Å². The molecule has 0 spiro atoms. The molecular formula is C9H21O5P. The van der Waals surface area contributed by atoms with Crippen molar-refractivity contribution in [2.75, 3.05) is 26.9 Å². The molecule has 1 atom stereocenters. The van der Waals surface area contributed by atoms with Gasteiger partial charge >= 0.3 is 8.25 Å². The molecular weight excluding hydrogens is 219 g/mol. The normalized spacial score (nSPS) is 13.3. The van der Waals surface area contributed by atoms with Crippen LogP contribution in [0, 0.1) is 0 Å². The molecule has 0 aromatic rings. The van der Waals surface area contributed by atoms with Crippen LogP contribution in [0.15, 0.2) is 0 Å². The van der Waals surface area contributed by atoms with E-state index in [-0.39, 0.29) is 6.29 Å². The molecule has 0 aromatic carbocycles. The summed E-state index contributed by atoms with van der Waals surface area (Å²) in [5.74, 6) is 0. The SMILES string of the molecule is CCOC(CCCO[PH](=O)OC)OCC. The Morgan fingerprint density at radius 3 is 2.27 bits per heavy atom. The Balaban J connectivity index is 3.48. The van der Waals surface area contributed by atoms with Gasteiger partial charge in [-0.05, 0) is 20.3 Å². The van der Waals surface area contributed by atoms with E-state index in [1.54, 1.807) is 0 Å². The standard InChI is InChI=1S/C9H21O5P/c1-4-12-9(13-5-2)7-6-8-14-15(10)11-3/h9,15H,4-8H2,1-3H3. The Hall–Kier alpha value is 0.0700. The first kappa shape index (κ1) is 15.1. The van der Waals surface area contributed by atoms with Gasteiger partial charge in [0.05, 0.1) is 6.61 Å². The van der Waals surface area contributed by atoms with Crippen molar-refractivity contribution in [1.82, 2.24) is 0 Å². The average molecular weight is 240 g/mol. The molecule has 0 saturated heterocycles. The Morgan fingerprint density at radius 2 is 1.80 bits per heavy atom. The zero-order valence-corrected chi connectivity index (χ0v) is 10.7. The van der Waals surface area contributed by atoms with Crippen molar-refractivity contribution < 1.29 is 23.1 Å². The van der Waals surface area contributed by atoms with Crippen molar-refractivity contribution in [3.8, 4) is 0 Å². The molecule has 0 rings (SSSR count). The first-order valence-corrected chi connectivity index (χ1v) is 6.41. The van der Waals surface area contributed by atoms with E-state index < -0.39 is 8.25 Å². The Morgan fingerprint density at radius 1 is 1.20 bits per heavy atom. The molecule has 1 unspecified atom stereocenters. The lowest BCUT2D eigenvalue weighted by molar-refractivity contribution is -0.140. The van der Waals surface area contributed by atoms with Gasteiger partial charge in [0.25, 0.3) is 0 Å². The van der Waals surface area contributed by atoms with Crippen LogP contribution < -0.4 is 0 Å². The third-order valence-electron chi connectivity index (χ3n) is 1.68. The summed E-state index contributed by atoms with van der Waals surface area (Å²) in [5.41, 5.74) is 0. The van der Waals surface area contributed by atoms with Gasteiger partial charge in [-0.15, -0.1) is 0 Å². The predicted octanol–water partition coefficient (Wildman–Crippen LogP) is 2.22. The fraction of sp³-hybridized carbons (Fsp3) is 1.00. The quantitative estimate of drug-likeness (QED) is 0.333. The molecule has 0 aromatic heterocycles. The van der Waals surface area contributed by atoms with Crippen molar-refractivity contribution in [3.05, 3.63) is 0 Å². The molecule has 0 bridgehead atoms. The van der Waals surface area contributed by atoms with Crippen LogP contribution in [0.4, 0.5) is 0 Å². The van der Waals surface area contributed by atoms with Crippen LogP contribution in [0.1, 0.15) is 26.7 Å². The molecule has 92 valence electrons. The van der Waals surface area contributed by atoms with Crippen molar-refractivity contribution >= 4 is 8.25 Å². The summed E-state index contributed by atoms with van der Waals surface area (Å²) >= 11 is 0. The highest BCUT2D eigenvalue weighted by molar-refractivity contribution is 7.33. The summed E-state index contributed by atoms with van der Waals surface area (Å²) < 4.78 is 30.9. The third-order valence-corrected chi connectivity index (χ3v) is 2.45. The van der Waals surface area contributed by atoms with Gasteiger partial charge in [-0.3, -0.25) is 4.57 Å². The maximum Gasteiger partial charge on any atom is 0.318 e. The highest BCUT2D eigenvalue weighted by Gasteiger charge is 2.07. The summed E-state index contributed by atoms with van der Waals surface area (Å²) in [6.45, 7) is 5.50. The monoisotopic (exact) mass is 240 g/mol. The van der Waals surface area contributed by atoms with E-state index in [9.17, 15) is 4.57 Å². The van der Waals surface area contributed by atoms with Crippen molar-refractivity contribution in [1.29, 1.82) is 0 Å². The molecule has 0 aliphatic rings. The van der Waals surface area contributed by atoms with Gasteiger partial charge in [0.1, 0.15) is 0 Å². The topological polar surface area (TPSA) is 54.0 Å². The maximum absolute atomic E-state index is 10.8. The fourth-order valence-electron chi connectivity index (χ4n) is 1.05. The first-order valence-electron chi connectivity index (χ1n) is 5.18. The number of ether oxygens (including phenoxy) is 2. The van der Waals surface area contributed by atoms with Crippen LogP contribution >= 0.6 is 8.25 Å². The fourth-order valence-corrected chi connectivity index (χ4v) is 1.48. The molecule has 6 heteroatoms. The molecule has 0 fully saturated rings. The van der Waals surface area contributed by atoms with Gasteiger partial charge in [-0.1, -0.05) is 0 Å². The minimum Gasteiger partial charge on any atom is -0.353 e. The molecule has 5 nitrogen and oxygen atoms in total. The van der Waals surface area contributed by atoms with Crippen LogP contribution in [-0.2, 0) is 23.1 Å². The summed E-state index contributed by atoms with van der Waals surface area (Å²) in [7, 11) is -0.917. The van der Waals surface area contributed by atoms with Crippen LogP contribution in [0.2, 0.25) is 0 Å². The van der Waals surface area contributed by atoms with E-state index in [0.717, 1.165) is 12.8 Å². The van der Waals surface area contributed by atoms with Gasteiger partial charge < -0.3 is 18.5 Å². The van der Waals surface area contributed by atoms with E-state index in [1.807, 2.05) is 13.8 Å².